The van der Waals surface area contributed by atoms with Crippen molar-refractivity contribution < 1.29 is 9.21 Å². The maximum absolute atomic E-state index is 12.3. The molecule has 0 aliphatic heterocycles. The van der Waals surface area contributed by atoms with Crippen LogP contribution in [0.2, 0.25) is 0 Å². The molecule has 3 rings (SSSR count). The number of furan rings is 1. The summed E-state index contributed by atoms with van der Waals surface area (Å²) in [4.78, 5) is 25.4. The van der Waals surface area contributed by atoms with E-state index in [2.05, 4.69) is 10.4 Å². The van der Waals surface area contributed by atoms with E-state index in [1.165, 1.54) is 23.7 Å². The lowest BCUT2D eigenvalue weighted by Crippen LogP contribution is -2.37. The SMILES string of the molecule is C[C@@H](C(=O)NCc1ccco1)n1nc(-c2cccs2)cc(N)c1=O. The molecule has 0 unspecified atom stereocenters. The number of amides is 1. The molecule has 3 N–H and O–H groups in total. The standard InChI is InChI=1S/C16H16N4O3S/c1-10(15(21)18-9-11-4-2-6-23-11)20-16(22)12(17)8-13(19-20)14-5-3-7-24-14/h2-8,10H,9,17H2,1H3,(H,18,21)/t10-/m0/s1. The van der Waals surface area contributed by atoms with E-state index in [-0.39, 0.29) is 18.1 Å². The molecule has 8 heteroatoms. The normalized spacial score (nSPS) is 12.0. The highest BCUT2D eigenvalue weighted by Crippen LogP contribution is 2.23. The van der Waals surface area contributed by atoms with E-state index in [4.69, 9.17) is 10.2 Å². The van der Waals surface area contributed by atoms with Crippen molar-refractivity contribution in [2.24, 2.45) is 0 Å². The van der Waals surface area contributed by atoms with E-state index in [9.17, 15) is 9.59 Å². The smallest absolute Gasteiger partial charge is 0.290 e. The Hall–Kier alpha value is -2.87. The van der Waals surface area contributed by atoms with E-state index in [1.54, 1.807) is 19.1 Å². The topological polar surface area (TPSA) is 103 Å². The maximum atomic E-state index is 12.3. The van der Waals surface area contributed by atoms with Gasteiger partial charge in [-0.25, -0.2) is 4.68 Å². The molecule has 3 aromatic rings. The van der Waals surface area contributed by atoms with E-state index in [1.807, 2.05) is 17.5 Å². The van der Waals surface area contributed by atoms with Crippen LogP contribution in [0.15, 0.2) is 51.2 Å². The quantitative estimate of drug-likeness (QED) is 0.737. The van der Waals surface area contributed by atoms with E-state index >= 15 is 0 Å². The summed E-state index contributed by atoms with van der Waals surface area (Å²) in [5, 5.41) is 8.91. The summed E-state index contributed by atoms with van der Waals surface area (Å²) in [5.41, 5.74) is 5.93. The highest BCUT2D eigenvalue weighted by atomic mass is 32.1. The van der Waals surface area contributed by atoms with Crippen molar-refractivity contribution in [3.63, 3.8) is 0 Å². The number of anilines is 1. The molecule has 124 valence electrons. The van der Waals surface area contributed by atoms with Gasteiger partial charge in [-0.3, -0.25) is 9.59 Å². The predicted octanol–water partition coefficient (Wildman–Crippen LogP) is 2.02. The summed E-state index contributed by atoms with van der Waals surface area (Å²) < 4.78 is 6.28. The van der Waals surface area contributed by atoms with Crippen LogP contribution in [0.3, 0.4) is 0 Å². The van der Waals surface area contributed by atoms with E-state index < -0.39 is 11.6 Å². The van der Waals surface area contributed by atoms with E-state index in [0.29, 0.717) is 11.5 Å². The van der Waals surface area contributed by atoms with Gasteiger partial charge in [0.05, 0.1) is 17.7 Å². The van der Waals surface area contributed by atoms with Crippen molar-refractivity contribution in [1.82, 2.24) is 15.1 Å². The minimum atomic E-state index is -0.797. The molecule has 0 saturated carbocycles. The second-order valence-corrected chi connectivity index (χ2v) is 6.13. The summed E-state index contributed by atoms with van der Waals surface area (Å²) in [6.07, 6.45) is 1.53. The Bertz CT molecular complexity index is 885. The number of nitrogen functional groups attached to an aromatic ring is 1. The number of nitrogens with two attached hydrogens (primary N) is 1. The van der Waals surface area contributed by atoms with Crippen molar-refractivity contribution in [2.45, 2.75) is 19.5 Å². The summed E-state index contributed by atoms with van der Waals surface area (Å²) >= 11 is 1.48. The van der Waals surface area contributed by atoms with Gasteiger partial charge in [-0.15, -0.1) is 11.3 Å². The predicted molar refractivity (Wildman–Crippen MR) is 91.5 cm³/mol. The van der Waals surface area contributed by atoms with Crippen molar-refractivity contribution in [2.75, 3.05) is 5.73 Å². The van der Waals surface area contributed by atoms with Crippen molar-refractivity contribution >= 4 is 22.9 Å². The number of carbonyl (C=O) groups is 1. The number of carbonyl (C=O) groups excluding carboxylic acids is 1. The number of nitrogens with one attached hydrogen (secondary N) is 1. The van der Waals surface area contributed by atoms with Crippen LogP contribution in [-0.4, -0.2) is 15.7 Å². The van der Waals surface area contributed by atoms with Gasteiger partial charge in [0.15, 0.2) is 0 Å². The number of hydrogen-bond acceptors (Lipinski definition) is 6. The summed E-state index contributed by atoms with van der Waals surface area (Å²) in [5.74, 6) is 0.284. The first-order valence-corrected chi connectivity index (χ1v) is 8.17. The number of thiophene rings is 1. The van der Waals surface area contributed by atoms with Crippen molar-refractivity contribution in [1.29, 1.82) is 0 Å². The van der Waals surface area contributed by atoms with Crippen molar-refractivity contribution in [3.05, 3.63) is 58.1 Å². The lowest BCUT2D eigenvalue weighted by Gasteiger charge is -2.15. The first-order chi connectivity index (χ1) is 11.6. The molecular formula is C16H16N4O3S. The third-order valence-electron chi connectivity index (χ3n) is 3.50. The lowest BCUT2D eigenvalue weighted by atomic mass is 10.2. The Morgan fingerprint density at radius 3 is 2.96 bits per heavy atom. The van der Waals surface area contributed by atoms with Crippen LogP contribution in [0.25, 0.3) is 10.6 Å². The first-order valence-electron chi connectivity index (χ1n) is 7.29. The molecule has 0 fully saturated rings. The second-order valence-electron chi connectivity index (χ2n) is 5.19. The molecule has 0 spiro atoms. The van der Waals surface area contributed by atoms with Crippen LogP contribution in [-0.2, 0) is 11.3 Å². The maximum Gasteiger partial charge on any atom is 0.290 e. The van der Waals surface area contributed by atoms with Gasteiger partial charge in [-0.05, 0) is 36.6 Å². The first kappa shape index (κ1) is 16.0. The van der Waals surface area contributed by atoms with Gasteiger partial charge >= 0.3 is 0 Å². The zero-order valence-electron chi connectivity index (χ0n) is 12.9. The molecule has 0 aliphatic rings. The average Bonchev–Trinajstić information content (AvgIpc) is 3.27. The van der Waals surface area contributed by atoms with Gasteiger partial charge in [0.2, 0.25) is 5.91 Å². The Morgan fingerprint density at radius 2 is 2.29 bits per heavy atom. The van der Waals surface area contributed by atoms with Gasteiger partial charge in [0, 0.05) is 0 Å². The van der Waals surface area contributed by atoms with Crippen LogP contribution >= 0.6 is 11.3 Å². The largest absolute Gasteiger partial charge is 0.467 e. The van der Waals surface area contributed by atoms with Crippen molar-refractivity contribution in [3.8, 4) is 10.6 Å². The number of aromatic nitrogens is 2. The zero-order chi connectivity index (χ0) is 17.1. The minimum absolute atomic E-state index is 0.0547. The molecule has 3 heterocycles. The molecule has 1 amide bonds. The fraction of sp³-hybridized carbons (Fsp3) is 0.188. The van der Waals surface area contributed by atoms with Crippen LogP contribution in [0.4, 0.5) is 5.69 Å². The Kier molecular flexibility index (Phi) is 4.48. The minimum Gasteiger partial charge on any atom is -0.467 e. The van der Waals surface area contributed by atoms with Gasteiger partial charge in [0.25, 0.3) is 5.56 Å². The molecule has 0 aliphatic carbocycles. The molecule has 3 aromatic heterocycles. The molecule has 0 aromatic carbocycles. The third kappa shape index (κ3) is 3.23. The fourth-order valence-corrected chi connectivity index (χ4v) is 2.87. The molecule has 1 atom stereocenters. The van der Waals surface area contributed by atoms with Gasteiger partial charge in [0.1, 0.15) is 23.2 Å². The van der Waals surface area contributed by atoms with Crippen LogP contribution in [0, 0.1) is 0 Å². The molecule has 0 bridgehead atoms. The number of nitrogens with zero attached hydrogens (tertiary/aromatic N) is 2. The number of hydrogen-bond donors (Lipinski definition) is 2. The Balaban J connectivity index is 1.84. The number of rotatable bonds is 5. The molecule has 0 saturated heterocycles. The van der Waals surface area contributed by atoms with Crippen LogP contribution in [0.1, 0.15) is 18.7 Å². The van der Waals surface area contributed by atoms with Gasteiger partial charge in [-0.2, -0.15) is 5.10 Å². The van der Waals surface area contributed by atoms with Crippen LogP contribution < -0.4 is 16.6 Å². The molecule has 7 nitrogen and oxygen atoms in total. The molecule has 24 heavy (non-hydrogen) atoms. The second kappa shape index (κ2) is 6.71. The Labute approximate surface area is 141 Å². The van der Waals surface area contributed by atoms with Gasteiger partial charge in [-0.1, -0.05) is 6.07 Å². The van der Waals surface area contributed by atoms with Gasteiger partial charge < -0.3 is 15.5 Å². The monoisotopic (exact) mass is 344 g/mol. The molecular weight excluding hydrogens is 328 g/mol. The van der Waals surface area contributed by atoms with Crippen LogP contribution in [0.5, 0.6) is 0 Å². The summed E-state index contributed by atoms with van der Waals surface area (Å²) in [7, 11) is 0. The summed E-state index contributed by atoms with van der Waals surface area (Å²) in [6.45, 7) is 1.84. The Morgan fingerprint density at radius 1 is 1.46 bits per heavy atom. The molecule has 0 radical (unpaired) electrons. The average molecular weight is 344 g/mol. The highest BCUT2D eigenvalue weighted by molar-refractivity contribution is 7.13. The zero-order valence-corrected chi connectivity index (χ0v) is 13.7. The summed E-state index contributed by atoms with van der Waals surface area (Å²) in [6, 6.07) is 7.98. The van der Waals surface area contributed by atoms with E-state index in [0.717, 1.165) is 9.56 Å². The fourth-order valence-electron chi connectivity index (χ4n) is 2.19. The highest BCUT2D eigenvalue weighted by Gasteiger charge is 2.20. The lowest BCUT2D eigenvalue weighted by molar-refractivity contribution is -0.124. The third-order valence-corrected chi connectivity index (χ3v) is 4.39.